The molecule has 0 heterocycles. The van der Waals surface area contributed by atoms with E-state index >= 15 is 0 Å². The van der Waals surface area contributed by atoms with Gasteiger partial charge in [-0.3, -0.25) is 0 Å². The fraction of sp³-hybridized carbons (Fsp3) is 0.500. The molecule has 0 aromatic carbocycles. The maximum atomic E-state index is 2.40. The second kappa shape index (κ2) is 2.35. The molecule has 2 aliphatic carbocycles. The van der Waals surface area contributed by atoms with Gasteiger partial charge < -0.3 is 0 Å². The third-order valence-corrected chi connectivity index (χ3v) is 2.69. The summed E-state index contributed by atoms with van der Waals surface area (Å²) < 4.78 is 0. The van der Waals surface area contributed by atoms with E-state index in [0.717, 1.165) is 0 Å². The van der Waals surface area contributed by atoms with Gasteiger partial charge in [-0.1, -0.05) is 39.0 Å². The fourth-order valence-corrected chi connectivity index (χ4v) is 2.12. The summed E-state index contributed by atoms with van der Waals surface area (Å²) >= 11 is 0. The van der Waals surface area contributed by atoms with Gasteiger partial charge in [0.15, 0.2) is 0 Å². The summed E-state index contributed by atoms with van der Waals surface area (Å²) in [4.78, 5) is 0. The highest BCUT2D eigenvalue weighted by Crippen LogP contribution is 2.42. The van der Waals surface area contributed by atoms with Crippen molar-refractivity contribution in [2.45, 2.75) is 33.6 Å². The highest BCUT2D eigenvalue weighted by molar-refractivity contribution is 5.53. The van der Waals surface area contributed by atoms with E-state index in [0.29, 0.717) is 5.41 Å². The quantitative estimate of drug-likeness (QED) is 0.507. The Hall–Kier alpha value is -0.780. The van der Waals surface area contributed by atoms with Gasteiger partial charge in [-0.25, -0.2) is 0 Å². The molecule has 0 aromatic rings. The monoisotopic (exact) mass is 160 g/mol. The predicted molar refractivity (Wildman–Crippen MR) is 52.9 cm³/mol. The van der Waals surface area contributed by atoms with Crippen molar-refractivity contribution in [3.8, 4) is 0 Å². The van der Waals surface area contributed by atoms with Crippen LogP contribution in [-0.2, 0) is 0 Å². The summed E-state index contributed by atoms with van der Waals surface area (Å²) in [6, 6.07) is 0. The first-order chi connectivity index (χ1) is 5.59. The largest absolute Gasteiger partial charge is 0.0798 e. The molecule has 2 rings (SSSR count). The number of rotatable bonds is 0. The minimum Gasteiger partial charge on any atom is -0.0798 e. The van der Waals surface area contributed by atoms with Crippen LogP contribution in [-0.4, -0.2) is 0 Å². The Bertz CT molecular complexity index is 292. The minimum atomic E-state index is 0.336. The Morgan fingerprint density at radius 3 is 2.58 bits per heavy atom. The third-order valence-electron chi connectivity index (χ3n) is 2.69. The maximum absolute atomic E-state index is 2.40. The third kappa shape index (κ3) is 1.06. The van der Waals surface area contributed by atoms with Gasteiger partial charge in [0.25, 0.3) is 0 Å². The van der Waals surface area contributed by atoms with E-state index in [1.807, 2.05) is 0 Å². The highest BCUT2D eigenvalue weighted by atomic mass is 14.3. The SMILES string of the molecule is CC(C)(C)C1=CCC2=C1CC=C2. The van der Waals surface area contributed by atoms with Crippen molar-refractivity contribution in [3.05, 3.63) is 34.9 Å². The van der Waals surface area contributed by atoms with Gasteiger partial charge in [0.2, 0.25) is 0 Å². The van der Waals surface area contributed by atoms with Crippen molar-refractivity contribution < 1.29 is 0 Å². The normalized spacial score (nSPS) is 21.8. The van der Waals surface area contributed by atoms with Gasteiger partial charge >= 0.3 is 0 Å². The van der Waals surface area contributed by atoms with Gasteiger partial charge in [0.1, 0.15) is 0 Å². The molecule has 0 N–H and O–H groups in total. The van der Waals surface area contributed by atoms with Crippen LogP contribution in [0.5, 0.6) is 0 Å². The Labute approximate surface area is 74.7 Å². The molecule has 0 unspecified atom stereocenters. The number of hydrogen-bond donors (Lipinski definition) is 0. The van der Waals surface area contributed by atoms with E-state index in [9.17, 15) is 0 Å². The van der Waals surface area contributed by atoms with Crippen LogP contribution in [0, 0.1) is 5.41 Å². The van der Waals surface area contributed by atoms with E-state index in [4.69, 9.17) is 0 Å². The molecule has 64 valence electrons. The van der Waals surface area contributed by atoms with E-state index in [2.05, 4.69) is 39.0 Å². The van der Waals surface area contributed by atoms with Crippen LogP contribution in [0.15, 0.2) is 34.9 Å². The first-order valence-electron chi connectivity index (χ1n) is 4.68. The summed E-state index contributed by atoms with van der Waals surface area (Å²) in [6.45, 7) is 6.90. The van der Waals surface area contributed by atoms with Crippen LogP contribution in [0.25, 0.3) is 0 Å². The molecule has 0 bridgehead atoms. The van der Waals surface area contributed by atoms with Crippen LogP contribution in [0.1, 0.15) is 33.6 Å². The summed E-state index contributed by atoms with van der Waals surface area (Å²) in [5.74, 6) is 0. The molecule has 2 aliphatic rings. The summed E-state index contributed by atoms with van der Waals surface area (Å²) in [7, 11) is 0. The van der Waals surface area contributed by atoms with E-state index in [1.54, 1.807) is 16.7 Å². The smallest absolute Gasteiger partial charge is 0.00885 e. The molecule has 12 heavy (non-hydrogen) atoms. The van der Waals surface area contributed by atoms with Crippen molar-refractivity contribution in [1.82, 2.24) is 0 Å². The van der Waals surface area contributed by atoms with Crippen LogP contribution >= 0.6 is 0 Å². The lowest BCUT2D eigenvalue weighted by Gasteiger charge is -2.22. The number of hydrogen-bond acceptors (Lipinski definition) is 0. The van der Waals surface area contributed by atoms with Gasteiger partial charge in [0.05, 0.1) is 0 Å². The van der Waals surface area contributed by atoms with Gasteiger partial charge in [-0.2, -0.15) is 0 Å². The van der Waals surface area contributed by atoms with E-state index < -0.39 is 0 Å². The van der Waals surface area contributed by atoms with Gasteiger partial charge in [-0.05, 0) is 35.0 Å². The van der Waals surface area contributed by atoms with Gasteiger partial charge in [-0.15, -0.1) is 0 Å². The fourth-order valence-electron chi connectivity index (χ4n) is 2.12. The summed E-state index contributed by atoms with van der Waals surface area (Å²) in [5.41, 5.74) is 5.06. The topological polar surface area (TPSA) is 0 Å². The molecule has 0 saturated heterocycles. The average Bonchev–Trinajstić information content (AvgIpc) is 2.37. The molecular weight excluding hydrogens is 144 g/mol. The lowest BCUT2D eigenvalue weighted by atomic mass is 9.82. The first-order valence-corrected chi connectivity index (χ1v) is 4.68. The van der Waals surface area contributed by atoms with E-state index in [-0.39, 0.29) is 0 Å². The zero-order valence-corrected chi connectivity index (χ0v) is 8.15. The summed E-state index contributed by atoms with van der Waals surface area (Å²) in [6.07, 6.45) is 9.29. The molecule has 0 radical (unpaired) electrons. The second-order valence-electron chi connectivity index (χ2n) is 4.68. The molecule has 0 nitrogen and oxygen atoms in total. The van der Waals surface area contributed by atoms with Crippen LogP contribution < -0.4 is 0 Å². The van der Waals surface area contributed by atoms with Crippen molar-refractivity contribution in [2.75, 3.05) is 0 Å². The second-order valence-corrected chi connectivity index (χ2v) is 4.68. The van der Waals surface area contributed by atoms with E-state index in [1.165, 1.54) is 12.8 Å². The van der Waals surface area contributed by atoms with Crippen LogP contribution in [0.4, 0.5) is 0 Å². The zero-order valence-electron chi connectivity index (χ0n) is 8.15. The molecule has 0 amide bonds. The molecular formula is C12H16. The van der Waals surface area contributed by atoms with Gasteiger partial charge in [0, 0.05) is 0 Å². The minimum absolute atomic E-state index is 0.336. The van der Waals surface area contributed by atoms with Crippen molar-refractivity contribution in [2.24, 2.45) is 5.41 Å². The predicted octanol–water partition coefficient (Wildman–Crippen LogP) is 3.62. The van der Waals surface area contributed by atoms with Crippen molar-refractivity contribution in [1.29, 1.82) is 0 Å². The van der Waals surface area contributed by atoms with Crippen molar-refractivity contribution >= 4 is 0 Å². The lowest BCUT2D eigenvalue weighted by molar-refractivity contribution is 0.510. The maximum Gasteiger partial charge on any atom is -0.00885 e. The van der Waals surface area contributed by atoms with Crippen LogP contribution in [0.2, 0.25) is 0 Å². The highest BCUT2D eigenvalue weighted by Gasteiger charge is 2.26. The average molecular weight is 160 g/mol. The molecule has 0 spiro atoms. The van der Waals surface area contributed by atoms with Crippen molar-refractivity contribution in [3.63, 3.8) is 0 Å². The molecule has 0 aliphatic heterocycles. The Balaban J connectivity index is 2.32. The number of allylic oxidation sites excluding steroid dienone is 6. The first kappa shape index (κ1) is 7.85. The lowest BCUT2D eigenvalue weighted by Crippen LogP contribution is -2.09. The Morgan fingerprint density at radius 2 is 1.92 bits per heavy atom. The Kier molecular flexibility index (Phi) is 1.54. The zero-order chi connectivity index (χ0) is 8.77. The molecule has 0 heteroatoms. The van der Waals surface area contributed by atoms with Crippen LogP contribution in [0.3, 0.4) is 0 Å². The summed E-state index contributed by atoms with van der Waals surface area (Å²) in [5, 5.41) is 0. The molecule has 0 atom stereocenters. The molecule has 0 saturated carbocycles. The Morgan fingerprint density at radius 1 is 1.17 bits per heavy atom. The standard InChI is InChI=1S/C12H16/c1-12(2,3)11-8-7-9-5-4-6-10(9)11/h4-5,8H,6-7H2,1-3H3. The molecule has 0 aromatic heterocycles. The molecule has 0 fully saturated rings.